The Hall–Kier alpha value is -3.71. The Morgan fingerprint density at radius 3 is 2.25 bits per heavy atom. The summed E-state index contributed by atoms with van der Waals surface area (Å²) in [5.74, 6) is 0.184. The van der Waals surface area contributed by atoms with Crippen LogP contribution >= 0.6 is 0 Å². The van der Waals surface area contributed by atoms with Crippen molar-refractivity contribution in [3.8, 4) is 16.9 Å². The molecule has 0 aliphatic heterocycles. The van der Waals surface area contributed by atoms with Gasteiger partial charge in [0.2, 0.25) is 0 Å². The first kappa shape index (κ1) is 21.5. The van der Waals surface area contributed by atoms with Gasteiger partial charge < -0.3 is 5.32 Å². The van der Waals surface area contributed by atoms with Crippen LogP contribution in [0.3, 0.4) is 0 Å². The molecule has 6 nitrogen and oxygen atoms in total. The molecular weight excluding hydrogens is 422 g/mol. The summed E-state index contributed by atoms with van der Waals surface area (Å²) in [7, 11) is -3.13. The average Bonchev–Trinajstić information content (AvgIpc) is 3.17. The number of nitrogens with zero attached hydrogens (tertiary/aromatic N) is 2. The van der Waals surface area contributed by atoms with Crippen molar-refractivity contribution in [2.75, 3.05) is 11.6 Å². The Morgan fingerprint density at radius 2 is 1.59 bits per heavy atom. The summed E-state index contributed by atoms with van der Waals surface area (Å²) in [6.45, 7) is 1.99. The number of rotatable bonds is 6. The molecule has 1 aromatic heterocycles. The lowest BCUT2D eigenvalue weighted by Crippen LogP contribution is -2.15. The Kier molecular flexibility index (Phi) is 5.92. The number of nitrogens with one attached hydrogen (secondary N) is 1. The number of benzene rings is 3. The number of aromatic nitrogens is 2. The van der Waals surface area contributed by atoms with E-state index >= 15 is 0 Å². The second-order valence-electron chi connectivity index (χ2n) is 7.70. The van der Waals surface area contributed by atoms with Gasteiger partial charge in [0, 0.05) is 23.4 Å². The summed E-state index contributed by atoms with van der Waals surface area (Å²) in [6.07, 6.45) is 1.19. The van der Waals surface area contributed by atoms with E-state index in [0.717, 1.165) is 22.5 Å². The lowest BCUT2D eigenvalue weighted by molar-refractivity contribution is 0.102. The zero-order valence-corrected chi connectivity index (χ0v) is 18.6. The molecule has 4 rings (SSSR count). The van der Waals surface area contributed by atoms with Gasteiger partial charge in [-0.3, -0.25) is 4.79 Å². The molecule has 0 saturated heterocycles. The minimum Gasteiger partial charge on any atom is -0.306 e. The van der Waals surface area contributed by atoms with Gasteiger partial charge in [-0.25, -0.2) is 13.1 Å². The van der Waals surface area contributed by atoms with Gasteiger partial charge in [0.1, 0.15) is 5.82 Å². The van der Waals surface area contributed by atoms with Crippen molar-refractivity contribution in [1.29, 1.82) is 0 Å². The summed E-state index contributed by atoms with van der Waals surface area (Å²) < 4.78 is 24.7. The first-order valence-electron chi connectivity index (χ1n) is 10.1. The van der Waals surface area contributed by atoms with E-state index in [1.165, 1.54) is 6.26 Å². The molecule has 0 saturated carbocycles. The molecule has 0 radical (unpaired) electrons. The number of para-hydroxylation sites is 1. The van der Waals surface area contributed by atoms with Gasteiger partial charge in [0.25, 0.3) is 5.91 Å². The standard InChI is InChI=1S/C25H23N3O3S/c1-18-8-6-7-11-23(18)28-24(16-22(27-28)20-9-4-3-5-10-20)26-25(29)21-14-12-19(13-15-21)17-32(2,30)31/h3-16H,17H2,1-2H3,(H,26,29). The predicted octanol–water partition coefficient (Wildman–Crippen LogP) is 4.64. The Morgan fingerprint density at radius 1 is 0.938 bits per heavy atom. The van der Waals surface area contributed by atoms with Crippen molar-refractivity contribution in [2.24, 2.45) is 0 Å². The van der Waals surface area contributed by atoms with Gasteiger partial charge in [0.05, 0.1) is 17.1 Å². The first-order chi connectivity index (χ1) is 15.3. The summed E-state index contributed by atoms with van der Waals surface area (Å²) in [5.41, 5.74) is 4.65. The van der Waals surface area contributed by atoms with Crippen LogP contribution in [0.5, 0.6) is 0 Å². The summed E-state index contributed by atoms with van der Waals surface area (Å²) >= 11 is 0. The van der Waals surface area contributed by atoms with Crippen molar-refractivity contribution in [3.63, 3.8) is 0 Å². The highest BCUT2D eigenvalue weighted by atomic mass is 32.2. The van der Waals surface area contributed by atoms with E-state index in [2.05, 4.69) is 5.32 Å². The maximum Gasteiger partial charge on any atom is 0.256 e. The molecule has 1 N–H and O–H groups in total. The van der Waals surface area contributed by atoms with E-state index in [1.54, 1.807) is 28.9 Å². The third kappa shape index (κ3) is 4.95. The molecule has 0 unspecified atom stereocenters. The van der Waals surface area contributed by atoms with E-state index in [4.69, 9.17) is 5.10 Å². The van der Waals surface area contributed by atoms with Crippen molar-refractivity contribution in [3.05, 3.63) is 102 Å². The number of sulfone groups is 1. The fourth-order valence-corrected chi connectivity index (χ4v) is 4.25. The van der Waals surface area contributed by atoms with Crippen molar-refractivity contribution in [2.45, 2.75) is 12.7 Å². The molecule has 1 amide bonds. The van der Waals surface area contributed by atoms with Crippen molar-refractivity contribution >= 4 is 21.6 Å². The van der Waals surface area contributed by atoms with Crippen LogP contribution in [-0.2, 0) is 15.6 Å². The molecule has 3 aromatic carbocycles. The maximum atomic E-state index is 13.0. The molecule has 0 aliphatic rings. The molecule has 4 aromatic rings. The van der Waals surface area contributed by atoms with E-state index in [9.17, 15) is 13.2 Å². The summed E-state index contributed by atoms with van der Waals surface area (Å²) in [4.78, 5) is 13.0. The van der Waals surface area contributed by atoms with Gasteiger partial charge >= 0.3 is 0 Å². The molecule has 0 atom stereocenters. The largest absolute Gasteiger partial charge is 0.306 e. The number of hydrogen-bond acceptors (Lipinski definition) is 4. The molecule has 0 spiro atoms. The van der Waals surface area contributed by atoms with Crippen LogP contribution in [0, 0.1) is 6.92 Å². The highest BCUT2D eigenvalue weighted by Gasteiger charge is 2.16. The average molecular weight is 446 g/mol. The lowest BCUT2D eigenvalue weighted by Gasteiger charge is -2.11. The number of carbonyl (C=O) groups is 1. The quantitative estimate of drug-likeness (QED) is 0.469. The number of hydrogen-bond donors (Lipinski definition) is 1. The monoisotopic (exact) mass is 445 g/mol. The van der Waals surface area contributed by atoms with Crippen molar-refractivity contribution < 1.29 is 13.2 Å². The smallest absolute Gasteiger partial charge is 0.256 e. The summed E-state index contributed by atoms with van der Waals surface area (Å²) in [5, 5.41) is 7.70. The second-order valence-corrected chi connectivity index (χ2v) is 9.84. The van der Waals surface area contributed by atoms with Crippen LogP contribution in [0.1, 0.15) is 21.5 Å². The number of carbonyl (C=O) groups excluding carboxylic acids is 1. The molecule has 32 heavy (non-hydrogen) atoms. The van der Waals surface area contributed by atoms with Crippen molar-refractivity contribution in [1.82, 2.24) is 9.78 Å². The number of aryl methyl sites for hydroxylation is 1. The third-order valence-corrected chi connectivity index (χ3v) is 5.87. The minimum absolute atomic E-state index is 0.0601. The Labute approximate surface area is 187 Å². The van der Waals surface area contributed by atoms with Crippen LogP contribution in [0.2, 0.25) is 0 Å². The van der Waals surface area contributed by atoms with E-state index < -0.39 is 9.84 Å². The zero-order valence-electron chi connectivity index (χ0n) is 17.8. The Bertz CT molecular complexity index is 1360. The fraction of sp³-hybridized carbons (Fsp3) is 0.120. The van der Waals surface area contributed by atoms with Gasteiger partial charge in [-0.15, -0.1) is 0 Å². The van der Waals surface area contributed by atoms with Gasteiger partial charge in [0.15, 0.2) is 9.84 Å². The third-order valence-electron chi connectivity index (χ3n) is 5.01. The summed E-state index contributed by atoms with van der Waals surface area (Å²) in [6, 6.07) is 26.0. The lowest BCUT2D eigenvalue weighted by atomic mass is 10.1. The highest BCUT2D eigenvalue weighted by molar-refractivity contribution is 7.89. The molecule has 1 heterocycles. The van der Waals surface area contributed by atoms with E-state index in [1.807, 2.05) is 67.6 Å². The molecule has 7 heteroatoms. The minimum atomic E-state index is -3.13. The number of anilines is 1. The van der Waals surface area contributed by atoms with Gasteiger partial charge in [-0.1, -0.05) is 60.7 Å². The fourth-order valence-electron chi connectivity index (χ4n) is 3.45. The topological polar surface area (TPSA) is 81.1 Å². The second kappa shape index (κ2) is 8.80. The molecule has 162 valence electrons. The van der Waals surface area contributed by atoms with Gasteiger partial charge in [-0.2, -0.15) is 5.10 Å². The molecule has 0 bridgehead atoms. The highest BCUT2D eigenvalue weighted by Crippen LogP contribution is 2.26. The number of amides is 1. The van der Waals surface area contributed by atoms with Crippen LogP contribution in [0.15, 0.2) is 84.9 Å². The Balaban J connectivity index is 1.67. The SMILES string of the molecule is Cc1ccccc1-n1nc(-c2ccccc2)cc1NC(=O)c1ccc(CS(C)(=O)=O)cc1. The molecular formula is C25H23N3O3S. The molecule has 0 aliphatic carbocycles. The van der Waals surface area contributed by atoms with E-state index in [0.29, 0.717) is 16.9 Å². The van der Waals surface area contributed by atoms with Crippen LogP contribution < -0.4 is 5.32 Å². The van der Waals surface area contributed by atoms with Crippen LogP contribution in [-0.4, -0.2) is 30.4 Å². The predicted molar refractivity (Wildman–Crippen MR) is 127 cm³/mol. The zero-order chi connectivity index (χ0) is 22.7. The van der Waals surface area contributed by atoms with Crippen LogP contribution in [0.4, 0.5) is 5.82 Å². The van der Waals surface area contributed by atoms with E-state index in [-0.39, 0.29) is 11.7 Å². The first-order valence-corrected chi connectivity index (χ1v) is 12.2. The van der Waals surface area contributed by atoms with Crippen LogP contribution in [0.25, 0.3) is 16.9 Å². The normalized spacial score (nSPS) is 11.3. The molecule has 0 fully saturated rings. The van der Waals surface area contributed by atoms with Gasteiger partial charge in [-0.05, 0) is 36.2 Å². The maximum absolute atomic E-state index is 13.0.